The minimum atomic E-state index is 0.137. The van der Waals surface area contributed by atoms with Gasteiger partial charge in [-0.05, 0) is 29.7 Å². The zero-order valence-electron chi connectivity index (χ0n) is 10.5. The Morgan fingerprint density at radius 1 is 1.05 bits per heavy atom. The maximum atomic E-state index is 12.4. The molecule has 2 aromatic rings. The maximum Gasteiger partial charge on any atom is 0.254 e. The third-order valence-electron chi connectivity index (χ3n) is 3.51. The monoisotopic (exact) mass is 315 g/mol. The fourth-order valence-corrected chi connectivity index (χ4v) is 2.87. The largest absolute Gasteiger partial charge is 0.334 e. The average Bonchev–Trinajstić information content (AvgIpc) is 2.44. The standard InChI is InChI=1S/C16H14BrNO/c17-15-8-4-2-6-13(15)11-18-10-9-12-5-1-3-7-14(12)16(18)19/h1-8H,9-11H2. The predicted octanol–water partition coefficient (Wildman–Crippen LogP) is 3.65. The van der Waals surface area contributed by atoms with Gasteiger partial charge in [-0.1, -0.05) is 52.3 Å². The van der Waals surface area contributed by atoms with Crippen LogP contribution >= 0.6 is 15.9 Å². The Morgan fingerprint density at radius 2 is 1.79 bits per heavy atom. The summed E-state index contributed by atoms with van der Waals surface area (Å²) >= 11 is 3.54. The van der Waals surface area contributed by atoms with Crippen molar-refractivity contribution < 1.29 is 4.79 Å². The van der Waals surface area contributed by atoms with E-state index in [0.29, 0.717) is 6.54 Å². The second-order valence-corrected chi connectivity index (χ2v) is 5.58. The molecule has 1 amide bonds. The third kappa shape index (κ3) is 2.43. The number of benzene rings is 2. The van der Waals surface area contributed by atoms with Crippen LogP contribution in [-0.4, -0.2) is 17.4 Å². The molecule has 1 heterocycles. The van der Waals surface area contributed by atoms with Gasteiger partial charge in [-0.25, -0.2) is 0 Å². The smallest absolute Gasteiger partial charge is 0.254 e. The van der Waals surface area contributed by atoms with Crippen molar-refractivity contribution in [2.45, 2.75) is 13.0 Å². The molecule has 0 radical (unpaired) electrons. The van der Waals surface area contributed by atoms with Crippen LogP contribution in [0.25, 0.3) is 0 Å². The summed E-state index contributed by atoms with van der Waals surface area (Å²) in [5.41, 5.74) is 3.16. The van der Waals surface area contributed by atoms with Crippen LogP contribution in [0.1, 0.15) is 21.5 Å². The number of rotatable bonds is 2. The van der Waals surface area contributed by atoms with Gasteiger partial charge in [0.15, 0.2) is 0 Å². The van der Waals surface area contributed by atoms with E-state index in [0.717, 1.165) is 34.1 Å². The molecule has 0 atom stereocenters. The van der Waals surface area contributed by atoms with Gasteiger partial charge in [-0.3, -0.25) is 4.79 Å². The number of hydrogen-bond donors (Lipinski definition) is 0. The van der Waals surface area contributed by atoms with E-state index in [2.05, 4.69) is 22.0 Å². The molecule has 0 bridgehead atoms. The lowest BCUT2D eigenvalue weighted by Gasteiger charge is -2.28. The summed E-state index contributed by atoms with van der Waals surface area (Å²) < 4.78 is 1.06. The van der Waals surface area contributed by atoms with E-state index >= 15 is 0 Å². The Balaban J connectivity index is 1.85. The minimum Gasteiger partial charge on any atom is -0.334 e. The minimum absolute atomic E-state index is 0.137. The van der Waals surface area contributed by atoms with Gasteiger partial charge >= 0.3 is 0 Å². The maximum absolute atomic E-state index is 12.4. The zero-order chi connectivity index (χ0) is 13.2. The molecule has 2 nitrogen and oxygen atoms in total. The van der Waals surface area contributed by atoms with Crippen LogP contribution in [0.15, 0.2) is 53.0 Å². The van der Waals surface area contributed by atoms with Crippen molar-refractivity contribution in [3.05, 3.63) is 69.7 Å². The first-order chi connectivity index (χ1) is 9.25. The van der Waals surface area contributed by atoms with Crippen molar-refractivity contribution in [2.75, 3.05) is 6.54 Å². The Morgan fingerprint density at radius 3 is 2.63 bits per heavy atom. The van der Waals surface area contributed by atoms with E-state index in [4.69, 9.17) is 0 Å². The molecule has 1 aliphatic rings. The summed E-state index contributed by atoms with van der Waals surface area (Å²) in [4.78, 5) is 14.4. The number of carbonyl (C=O) groups is 1. The zero-order valence-corrected chi connectivity index (χ0v) is 12.1. The van der Waals surface area contributed by atoms with E-state index in [1.165, 1.54) is 0 Å². The molecule has 2 aromatic carbocycles. The molecular formula is C16H14BrNO. The molecular weight excluding hydrogens is 302 g/mol. The number of hydrogen-bond acceptors (Lipinski definition) is 1. The fraction of sp³-hybridized carbons (Fsp3) is 0.188. The third-order valence-corrected chi connectivity index (χ3v) is 4.28. The van der Waals surface area contributed by atoms with Crippen molar-refractivity contribution in [3.63, 3.8) is 0 Å². The van der Waals surface area contributed by atoms with Crippen LogP contribution in [0.3, 0.4) is 0 Å². The molecule has 0 spiro atoms. The first-order valence-corrected chi connectivity index (χ1v) is 7.15. The molecule has 1 aliphatic heterocycles. The van der Waals surface area contributed by atoms with Gasteiger partial charge in [0.1, 0.15) is 0 Å². The number of amides is 1. The quantitative estimate of drug-likeness (QED) is 0.828. The molecule has 0 N–H and O–H groups in total. The van der Waals surface area contributed by atoms with Crippen LogP contribution in [0.2, 0.25) is 0 Å². The Kier molecular flexibility index (Phi) is 3.38. The molecule has 0 saturated carbocycles. The summed E-state index contributed by atoms with van der Waals surface area (Å²) in [5.74, 6) is 0.137. The molecule has 0 unspecified atom stereocenters. The van der Waals surface area contributed by atoms with Crippen LogP contribution in [0.4, 0.5) is 0 Å². The molecule has 0 aromatic heterocycles. The van der Waals surface area contributed by atoms with E-state index in [-0.39, 0.29) is 5.91 Å². The molecule has 3 rings (SSSR count). The van der Waals surface area contributed by atoms with Gasteiger partial charge < -0.3 is 4.90 Å². The van der Waals surface area contributed by atoms with Crippen molar-refractivity contribution in [1.82, 2.24) is 4.90 Å². The van der Waals surface area contributed by atoms with Crippen LogP contribution in [0.5, 0.6) is 0 Å². The van der Waals surface area contributed by atoms with Gasteiger partial charge in [0, 0.05) is 23.1 Å². The van der Waals surface area contributed by atoms with E-state index in [9.17, 15) is 4.79 Å². The summed E-state index contributed by atoms with van der Waals surface area (Å²) in [6, 6.07) is 15.9. The topological polar surface area (TPSA) is 20.3 Å². The second-order valence-electron chi connectivity index (χ2n) is 4.73. The molecule has 96 valence electrons. The Hall–Kier alpha value is -1.61. The summed E-state index contributed by atoms with van der Waals surface area (Å²) in [7, 11) is 0. The summed E-state index contributed by atoms with van der Waals surface area (Å²) in [6.45, 7) is 1.45. The van der Waals surface area contributed by atoms with E-state index in [1.54, 1.807) is 0 Å². The van der Waals surface area contributed by atoms with Crippen LogP contribution in [-0.2, 0) is 13.0 Å². The van der Waals surface area contributed by atoms with Gasteiger partial charge in [0.2, 0.25) is 0 Å². The number of fused-ring (bicyclic) bond motifs is 1. The molecule has 0 fully saturated rings. The van der Waals surface area contributed by atoms with Crippen molar-refractivity contribution >= 4 is 21.8 Å². The van der Waals surface area contributed by atoms with Gasteiger partial charge in [0.05, 0.1) is 0 Å². The summed E-state index contributed by atoms with van der Waals surface area (Å²) in [6.07, 6.45) is 0.937. The van der Waals surface area contributed by atoms with Crippen molar-refractivity contribution in [2.24, 2.45) is 0 Å². The SMILES string of the molecule is O=C1c2ccccc2CCN1Cc1ccccc1Br. The first kappa shape index (κ1) is 12.4. The van der Waals surface area contributed by atoms with Gasteiger partial charge in [-0.15, -0.1) is 0 Å². The Bertz CT molecular complexity index is 624. The first-order valence-electron chi connectivity index (χ1n) is 6.36. The average molecular weight is 316 g/mol. The molecule has 19 heavy (non-hydrogen) atoms. The highest BCUT2D eigenvalue weighted by atomic mass is 79.9. The summed E-state index contributed by atoms with van der Waals surface area (Å²) in [5, 5.41) is 0. The van der Waals surface area contributed by atoms with Crippen LogP contribution in [0, 0.1) is 0 Å². The van der Waals surface area contributed by atoms with Crippen molar-refractivity contribution in [1.29, 1.82) is 0 Å². The highest BCUT2D eigenvalue weighted by molar-refractivity contribution is 9.10. The van der Waals surface area contributed by atoms with E-state index < -0.39 is 0 Å². The fourth-order valence-electron chi connectivity index (χ4n) is 2.46. The second kappa shape index (κ2) is 5.17. The molecule has 3 heteroatoms. The number of carbonyl (C=O) groups excluding carboxylic acids is 1. The van der Waals surface area contributed by atoms with Crippen LogP contribution < -0.4 is 0 Å². The van der Waals surface area contributed by atoms with E-state index in [1.807, 2.05) is 47.4 Å². The lowest BCUT2D eigenvalue weighted by molar-refractivity contribution is 0.0726. The van der Waals surface area contributed by atoms with Crippen molar-refractivity contribution in [3.8, 4) is 0 Å². The normalized spacial score (nSPS) is 14.4. The lowest BCUT2D eigenvalue weighted by Crippen LogP contribution is -2.37. The molecule has 0 saturated heterocycles. The lowest BCUT2D eigenvalue weighted by atomic mass is 9.99. The van der Waals surface area contributed by atoms with Gasteiger partial charge in [-0.2, -0.15) is 0 Å². The highest BCUT2D eigenvalue weighted by Crippen LogP contribution is 2.23. The molecule has 0 aliphatic carbocycles. The number of nitrogens with zero attached hydrogens (tertiary/aromatic N) is 1. The number of halogens is 1. The Labute approximate surface area is 121 Å². The van der Waals surface area contributed by atoms with Gasteiger partial charge in [0.25, 0.3) is 5.91 Å². The highest BCUT2D eigenvalue weighted by Gasteiger charge is 2.23. The predicted molar refractivity (Wildman–Crippen MR) is 79.0 cm³/mol.